The predicted octanol–water partition coefficient (Wildman–Crippen LogP) is 3.91. The van der Waals surface area contributed by atoms with Crippen LogP contribution >= 0.6 is 0 Å². The summed E-state index contributed by atoms with van der Waals surface area (Å²) in [5.74, 6) is -0.647. The molecule has 0 bridgehead atoms. The summed E-state index contributed by atoms with van der Waals surface area (Å²) in [5.41, 5.74) is -0.505. The van der Waals surface area contributed by atoms with E-state index in [4.69, 9.17) is 9.47 Å². The van der Waals surface area contributed by atoms with Gasteiger partial charge in [-0.3, -0.25) is 9.59 Å². The zero-order valence-electron chi connectivity index (χ0n) is 13.9. The second-order valence-corrected chi connectivity index (χ2v) is 7.29. The molecule has 1 aromatic rings. The van der Waals surface area contributed by atoms with Gasteiger partial charge in [0.1, 0.15) is 11.2 Å². The van der Waals surface area contributed by atoms with Crippen LogP contribution < -0.4 is 0 Å². The number of hydrogen-bond donors (Lipinski definition) is 0. The third kappa shape index (κ3) is 3.38. The molecule has 0 spiro atoms. The SMILES string of the molecule is CC(C)(C)OC1=C(OC(C)(C)C)C(=O)c2ccccc2C1=O. The van der Waals surface area contributed by atoms with Crippen LogP contribution in [0.15, 0.2) is 35.8 Å². The van der Waals surface area contributed by atoms with Crippen LogP contribution in [-0.4, -0.2) is 22.8 Å². The molecule has 0 radical (unpaired) electrons. The Labute approximate surface area is 131 Å². The second-order valence-electron chi connectivity index (χ2n) is 7.29. The summed E-state index contributed by atoms with van der Waals surface area (Å²) in [4.78, 5) is 25.4. The van der Waals surface area contributed by atoms with Crippen LogP contribution in [0.1, 0.15) is 62.3 Å². The van der Waals surface area contributed by atoms with Gasteiger partial charge in [0.15, 0.2) is 0 Å². The summed E-state index contributed by atoms with van der Waals surface area (Å²) in [6.07, 6.45) is 0. The van der Waals surface area contributed by atoms with Crippen LogP contribution in [0.5, 0.6) is 0 Å². The van der Waals surface area contributed by atoms with Gasteiger partial charge in [0.25, 0.3) is 0 Å². The topological polar surface area (TPSA) is 52.6 Å². The number of allylic oxidation sites excluding steroid dienone is 2. The van der Waals surface area contributed by atoms with Gasteiger partial charge in [-0.1, -0.05) is 24.3 Å². The highest BCUT2D eigenvalue weighted by Crippen LogP contribution is 2.32. The van der Waals surface area contributed by atoms with Crippen molar-refractivity contribution in [1.82, 2.24) is 0 Å². The van der Waals surface area contributed by atoms with Crippen molar-refractivity contribution in [3.63, 3.8) is 0 Å². The highest BCUT2D eigenvalue weighted by Gasteiger charge is 2.38. The van der Waals surface area contributed by atoms with Gasteiger partial charge in [-0.2, -0.15) is 0 Å². The van der Waals surface area contributed by atoms with Gasteiger partial charge in [0, 0.05) is 11.1 Å². The van der Waals surface area contributed by atoms with E-state index in [1.807, 2.05) is 41.5 Å². The zero-order valence-corrected chi connectivity index (χ0v) is 13.9. The van der Waals surface area contributed by atoms with Crippen molar-refractivity contribution >= 4 is 11.6 Å². The molecule has 0 N–H and O–H groups in total. The van der Waals surface area contributed by atoms with Gasteiger partial charge in [-0.15, -0.1) is 0 Å². The number of benzene rings is 1. The predicted molar refractivity (Wildman–Crippen MR) is 83.8 cm³/mol. The molecular formula is C18H22O4. The summed E-state index contributed by atoms with van der Waals surface area (Å²) in [6.45, 7) is 11.0. The Morgan fingerprint density at radius 3 is 1.27 bits per heavy atom. The largest absolute Gasteiger partial charge is 0.480 e. The number of ketones is 2. The third-order valence-electron chi connectivity index (χ3n) is 2.85. The molecule has 22 heavy (non-hydrogen) atoms. The fraction of sp³-hybridized carbons (Fsp3) is 0.444. The van der Waals surface area contributed by atoms with Crippen LogP contribution in [0.2, 0.25) is 0 Å². The Kier molecular flexibility index (Phi) is 3.90. The van der Waals surface area contributed by atoms with Gasteiger partial charge >= 0.3 is 0 Å². The van der Waals surface area contributed by atoms with Crippen molar-refractivity contribution < 1.29 is 19.1 Å². The number of carbonyl (C=O) groups is 2. The molecule has 4 heteroatoms. The van der Waals surface area contributed by atoms with Crippen molar-refractivity contribution in [2.24, 2.45) is 0 Å². The number of ether oxygens (including phenoxy) is 2. The van der Waals surface area contributed by atoms with Crippen molar-refractivity contribution in [2.45, 2.75) is 52.7 Å². The van der Waals surface area contributed by atoms with Crippen molar-refractivity contribution in [1.29, 1.82) is 0 Å². The molecule has 1 aromatic carbocycles. The Morgan fingerprint density at radius 2 is 1.00 bits per heavy atom. The fourth-order valence-electron chi connectivity index (χ4n) is 2.13. The van der Waals surface area contributed by atoms with E-state index < -0.39 is 11.2 Å². The van der Waals surface area contributed by atoms with E-state index in [1.54, 1.807) is 24.3 Å². The van der Waals surface area contributed by atoms with Gasteiger partial charge in [0.2, 0.25) is 23.1 Å². The minimum Gasteiger partial charge on any atom is -0.480 e. The van der Waals surface area contributed by atoms with E-state index in [2.05, 4.69) is 0 Å². The Hall–Kier alpha value is -2.10. The van der Waals surface area contributed by atoms with Crippen LogP contribution in [0.4, 0.5) is 0 Å². The van der Waals surface area contributed by atoms with Crippen molar-refractivity contribution in [3.05, 3.63) is 46.9 Å². The normalized spacial score (nSPS) is 15.7. The molecule has 2 rings (SSSR count). The molecule has 0 saturated heterocycles. The average molecular weight is 302 g/mol. The Balaban J connectivity index is 2.60. The number of rotatable bonds is 2. The molecule has 0 heterocycles. The highest BCUT2D eigenvalue weighted by atomic mass is 16.5. The summed E-state index contributed by atoms with van der Waals surface area (Å²) >= 11 is 0. The maximum atomic E-state index is 12.7. The first-order valence-electron chi connectivity index (χ1n) is 7.30. The van der Waals surface area contributed by atoms with Crippen molar-refractivity contribution in [2.75, 3.05) is 0 Å². The van der Waals surface area contributed by atoms with Crippen LogP contribution in [0.3, 0.4) is 0 Å². The van der Waals surface area contributed by atoms with E-state index in [0.717, 1.165) is 0 Å². The van der Waals surface area contributed by atoms with E-state index in [-0.39, 0.29) is 23.1 Å². The molecule has 0 fully saturated rings. The molecule has 0 aliphatic heterocycles. The molecule has 1 aliphatic carbocycles. The van der Waals surface area contributed by atoms with Crippen LogP contribution in [-0.2, 0) is 9.47 Å². The lowest BCUT2D eigenvalue weighted by Crippen LogP contribution is -2.33. The quantitative estimate of drug-likeness (QED) is 0.831. The summed E-state index contributed by atoms with van der Waals surface area (Å²) in [7, 11) is 0. The Bertz CT molecular complexity index is 597. The average Bonchev–Trinajstić information content (AvgIpc) is 2.37. The molecule has 0 atom stereocenters. The third-order valence-corrected chi connectivity index (χ3v) is 2.85. The smallest absolute Gasteiger partial charge is 0.232 e. The summed E-state index contributed by atoms with van der Waals surface area (Å²) in [5, 5.41) is 0. The maximum Gasteiger partial charge on any atom is 0.232 e. The number of fused-ring (bicyclic) bond motifs is 1. The first-order valence-corrected chi connectivity index (χ1v) is 7.30. The highest BCUT2D eigenvalue weighted by molar-refractivity contribution is 6.25. The number of Topliss-reactive ketones (excluding diaryl/α,β-unsaturated/α-hetero) is 2. The summed E-state index contributed by atoms with van der Waals surface area (Å²) < 4.78 is 11.5. The second kappa shape index (κ2) is 5.27. The lowest BCUT2D eigenvalue weighted by atomic mass is 9.91. The minimum absolute atomic E-state index is 0.00822. The van der Waals surface area contributed by atoms with Gasteiger partial charge in [-0.25, -0.2) is 0 Å². The molecule has 0 aromatic heterocycles. The first kappa shape index (κ1) is 16.3. The molecule has 118 valence electrons. The van der Waals surface area contributed by atoms with Crippen molar-refractivity contribution in [3.8, 4) is 0 Å². The molecule has 0 saturated carbocycles. The minimum atomic E-state index is -0.607. The van der Waals surface area contributed by atoms with E-state index in [1.165, 1.54) is 0 Å². The molecule has 1 aliphatic rings. The van der Waals surface area contributed by atoms with Crippen LogP contribution in [0.25, 0.3) is 0 Å². The summed E-state index contributed by atoms with van der Waals surface area (Å²) in [6, 6.07) is 6.73. The van der Waals surface area contributed by atoms with Gasteiger partial charge in [-0.05, 0) is 41.5 Å². The van der Waals surface area contributed by atoms with Crippen LogP contribution in [0, 0.1) is 0 Å². The fourth-order valence-corrected chi connectivity index (χ4v) is 2.13. The van der Waals surface area contributed by atoms with E-state index >= 15 is 0 Å². The van der Waals surface area contributed by atoms with E-state index in [0.29, 0.717) is 11.1 Å². The molecular weight excluding hydrogens is 280 g/mol. The monoisotopic (exact) mass is 302 g/mol. The Morgan fingerprint density at radius 1 is 0.682 bits per heavy atom. The lowest BCUT2D eigenvalue weighted by molar-refractivity contribution is 0.00625. The number of carbonyl (C=O) groups excluding carboxylic acids is 2. The molecule has 0 unspecified atom stereocenters. The van der Waals surface area contributed by atoms with E-state index in [9.17, 15) is 9.59 Å². The van der Waals surface area contributed by atoms with Gasteiger partial charge in [0.05, 0.1) is 0 Å². The van der Waals surface area contributed by atoms with Gasteiger partial charge < -0.3 is 9.47 Å². The lowest BCUT2D eigenvalue weighted by Gasteiger charge is -2.30. The first-order chi connectivity index (χ1) is 9.99. The zero-order chi connectivity index (χ0) is 16.7. The molecule has 0 amide bonds. The number of hydrogen-bond acceptors (Lipinski definition) is 4. The standard InChI is InChI=1S/C18H22O4/c1-17(2,3)21-15-13(19)11-9-7-8-10-12(11)14(20)16(15)22-18(4,5)6/h7-10H,1-6H3. The molecule has 4 nitrogen and oxygen atoms in total. The maximum absolute atomic E-state index is 12.7.